The van der Waals surface area contributed by atoms with E-state index in [1.807, 2.05) is 6.92 Å². The van der Waals surface area contributed by atoms with Crippen molar-refractivity contribution < 1.29 is 28.6 Å². The molecule has 0 heterocycles. The van der Waals surface area contributed by atoms with Gasteiger partial charge in [0, 0.05) is 6.04 Å². The van der Waals surface area contributed by atoms with Gasteiger partial charge in [0.25, 0.3) is 5.91 Å². The van der Waals surface area contributed by atoms with Crippen LogP contribution in [0.4, 0.5) is 0 Å². The molecule has 0 aliphatic heterocycles. The zero-order valence-electron chi connectivity index (χ0n) is 16.7. The van der Waals surface area contributed by atoms with E-state index in [0.717, 1.165) is 19.3 Å². The number of carbonyl (C=O) groups excluding carboxylic acids is 3. The van der Waals surface area contributed by atoms with Crippen LogP contribution in [0.1, 0.15) is 60.7 Å². The Morgan fingerprint density at radius 2 is 1.48 bits per heavy atom. The molecule has 0 unspecified atom stereocenters. The van der Waals surface area contributed by atoms with Crippen LogP contribution in [-0.4, -0.2) is 44.7 Å². The summed E-state index contributed by atoms with van der Waals surface area (Å²) in [5.74, 6) is -0.652. The minimum atomic E-state index is -0.617. The van der Waals surface area contributed by atoms with Gasteiger partial charge in [-0.05, 0) is 37.5 Å². The highest BCUT2D eigenvalue weighted by Crippen LogP contribution is 2.19. The number of hydrogen-bond donors (Lipinski definition) is 1. The second-order valence-electron chi connectivity index (χ2n) is 6.81. The van der Waals surface area contributed by atoms with E-state index >= 15 is 0 Å². The summed E-state index contributed by atoms with van der Waals surface area (Å²) in [6, 6.07) is 4.23. The van der Waals surface area contributed by atoms with Crippen molar-refractivity contribution in [2.45, 2.75) is 46.1 Å². The molecule has 1 aromatic carbocycles. The maximum atomic E-state index is 12.1. The second kappa shape index (κ2) is 11.2. The summed E-state index contributed by atoms with van der Waals surface area (Å²) in [4.78, 5) is 35.6. The van der Waals surface area contributed by atoms with Gasteiger partial charge in [0.15, 0.2) is 6.61 Å². The van der Waals surface area contributed by atoms with Gasteiger partial charge in [-0.3, -0.25) is 4.79 Å². The molecule has 0 fully saturated rings. The first-order valence-electron chi connectivity index (χ1n) is 9.00. The number of ether oxygens (including phenoxy) is 3. The van der Waals surface area contributed by atoms with Crippen molar-refractivity contribution in [3.8, 4) is 5.75 Å². The molecule has 1 rings (SSSR count). The lowest BCUT2D eigenvalue weighted by Crippen LogP contribution is -2.36. The zero-order chi connectivity index (χ0) is 20.4. The highest BCUT2D eigenvalue weighted by molar-refractivity contribution is 5.96. The number of methoxy groups -OCH3 is 2. The van der Waals surface area contributed by atoms with Crippen LogP contribution >= 0.6 is 0 Å². The molecule has 150 valence electrons. The predicted molar refractivity (Wildman–Crippen MR) is 101 cm³/mol. The molecule has 0 saturated carbocycles. The van der Waals surface area contributed by atoms with Crippen LogP contribution in [-0.2, 0) is 14.3 Å². The average molecular weight is 379 g/mol. The van der Waals surface area contributed by atoms with Crippen LogP contribution < -0.4 is 10.1 Å². The zero-order valence-corrected chi connectivity index (χ0v) is 16.7. The topological polar surface area (TPSA) is 90.9 Å². The monoisotopic (exact) mass is 379 g/mol. The number of nitrogens with one attached hydrogen (secondary N) is 1. The van der Waals surface area contributed by atoms with Crippen LogP contribution in [0.15, 0.2) is 18.2 Å². The van der Waals surface area contributed by atoms with Crippen molar-refractivity contribution in [1.29, 1.82) is 0 Å². The van der Waals surface area contributed by atoms with Gasteiger partial charge in [0.2, 0.25) is 0 Å². The fourth-order valence-corrected chi connectivity index (χ4v) is 2.52. The van der Waals surface area contributed by atoms with Gasteiger partial charge in [-0.1, -0.05) is 26.7 Å². The summed E-state index contributed by atoms with van der Waals surface area (Å²) in [5.41, 5.74) is 0.274. The van der Waals surface area contributed by atoms with E-state index in [-0.39, 0.29) is 35.4 Å². The molecular weight excluding hydrogens is 350 g/mol. The standard InChI is InChI=1S/C20H29NO6/c1-13(2)7-6-8-14(3)21-18(22)12-27-17-10-15(19(23)25-4)9-16(11-17)20(24)26-5/h9-11,13-14H,6-8,12H2,1-5H3,(H,21,22)/t14-/m0/s1. The van der Waals surface area contributed by atoms with E-state index in [1.54, 1.807) is 0 Å². The number of hydrogen-bond acceptors (Lipinski definition) is 6. The molecule has 1 aromatic rings. The summed E-state index contributed by atoms with van der Waals surface area (Å²) in [6.07, 6.45) is 3.06. The predicted octanol–water partition coefficient (Wildman–Crippen LogP) is 2.97. The molecule has 27 heavy (non-hydrogen) atoms. The summed E-state index contributed by atoms with van der Waals surface area (Å²) in [7, 11) is 2.48. The molecule has 7 heteroatoms. The van der Waals surface area contributed by atoms with Crippen molar-refractivity contribution in [1.82, 2.24) is 5.32 Å². The van der Waals surface area contributed by atoms with Crippen molar-refractivity contribution in [3.63, 3.8) is 0 Å². The van der Waals surface area contributed by atoms with Crippen molar-refractivity contribution in [2.75, 3.05) is 20.8 Å². The number of esters is 2. The Labute approximate surface area is 160 Å². The van der Waals surface area contributed by atoms with Crippen molar-refractivity contribution >= 4 is 17.8 Å². The minimum absolute atomic E-state index is 0.0480. The highest BCUT2D eigenvalue weighted by Gasteiger charge is 2.15. The van der Waals surface area contributed by atoms with E-state index in [2.05, 4.69) is 28.6 Å². The molecule has 0 saturated heterocycles. The Morgan fingerprint density at radius 3 is 1.96 bits per heavy atom. The first kappa shape index (κ1) is 22.5. The smallest absolute Gasteiger partial charge is 0.338 e. The molecular formula is C20H29NO6. The summed E-state index contributed by atoms with van der Waals surface area (Å²) in [6.45, 7) is 6.06. The van der Waals surface area contributed by atoms with Gasteiger partial charge >= 0.3 is 11.9 Å². The van der Waals surface area contributed by atoms with E-state index in [4.69, 9.17) is 4.74 Å². The van der Waals surface area contributed by atoms with Crippen molar-refractivity contribution in [2.24, 2.45) is 5.92 Å². The number of amides is 1. The van der Waals surface area contributed by atoms with Crippen LogP contribution in [0.25, 0.3) is 0 Å². The normalized spacial score (nSPS) is 11.6. The number of carbonyl (C=O) groups is 3. The van der Waals surface area contributed by atoms with E-state index in [1.165, 1.54) is 32.4 Å². The minimum Gasteiger partial charge on any atom is -0.484 e. The molecule has 0 aliphatic carbocycles. The quantitative estimate of drug-likeness (QED) is 0.629. The Kier molecular flexibility index (Phi) is 9.33. The Morgan fingerprint density at radius 1 is 0.926 bits per heavy atom. The number of benzene rings is 1. The third kappa shape index (κ3) is 8.11. The van der Waals surface area contributed by atoms with Gasteiger partial charge < -0.3 is 19.5 Å². The Bertz CT molecular complexity index is 622. The molecule has 1 N–H and O–H groups in total. The Balaban J connectivity index is 2.68. The maximum Gasteiger partial charge on any atom is 0.338 e. The SMILES string of the molecule is COC(=O)c1cc(OCC(=O)N[C@@H](C)CCCC(C)C)cc(C(=O)OC)c1. The highest BCUT2D eigenvalue weighted by atomic mass is 16.5. The molecule has 1 amide bonds. The molecule has 0 aliphatic rings. The lowest BCUT2D eigenvalue weighted by molar-refractivity contribution is -0.123. The van der Waals surface area contributed by atoms with E-state index in [0.29, 0.717) is 5.92 Å². The van der Waals surface area contributed by atoms with Gasteiger partial charge in [-0.2, -0.15) is 0 Å². The van der Waals surface area contributed by atoms with Gasteiger partial charge in [0.05, 0.1) is 25.3 Å². The largest absolute Gasteiger partial charge is 0.484 e. The lowest BCUT2D eigenvalue weighted by Gasteiger charge is -2.15. The van der Waals surface area contributed by atoms with Gasteiger partial charge in [-0.15, -0.1) is 0 Å². The molecule has 0 aromatic heterocycles. The van der Waals surface area contributed by atoms with Gasteiger partial charge in [-0.25, -0.2) is 9.59 Å². The van der Waals surface area contributed by atoms with Gasteiger partial charge in [0.1, 0.15) is 5.75 Å². The van der Waals surface area contributed by atoms with Crippen LogP contribution in [0.5, 0.6) is 5.75 Å². The fraction of sp³-hybridized carbons (Fsp3) is 0.550. The fourth-order valence-electron chi connectivity index (χ4n) is 2.52. The maximum absolute atomic E-state index is 12.1. The molecule has 0 spiro atoms. The average Bonchev–Trinajstić information content (AvgIpc) is 2.64. The molecule has 1 atom stereocenters. The van der Waals surface area contributed by atoms with E-state index < -0.39 is 11.9 Å². The molecule has 0 bridgehead atoms. The molecule has 7 nitrogen and oxygen atoms in total. The Hall–Kier alpha value is -2.57. The number of rotatable bonds is 10. The third-order valence-electron chi connectivity index (χ3n) is 3.94. The molecule has 0 radical (unpaired) electrons. The van der Waals surface area contributed by atoms with E-state index in [9.17, 15) is 14.4 Å². The van der Waals surface area contributed by atoms with Crippen LogP contribution in [0.2, 0.25) is 0 Å². The second-order valence-corrected chi connectivity index (χ2v) is 6.81. The third-order valence-corrected chi connectivity index (χ3v) is 3.94. The van der Waals surface area contributed by atoms with Crippen molar-refractivity contribution in [3.05, 3.63) is 29.3 Å². The first-order valence-corrected chi connectivity index (χ1v) is 9.00. The summed E-state index contributed by atoms with van der Waals surface area (Å²) >= 11 is 0. The first-order chi connectivity index (χ1) is 12.8. The lowest BCUT2D eigenvalue weighted by atomic mass is 10.0. The van der Waals surface area contributed by atoms with Crippen LogP contribution in [0.3, 0.4) is 0 Å². The summed E-state index contributed by atoms with van der Waals surface area (Å²) < 4.78 is 14.8. The van der Waals surface area contributed by atoms with Crippen LogP contribution in [0, 0.1) is 5.92 Å². The summed E-state index contributed by atoms with van der Waals surface area (Å²) in [5, 5.41) is 2.87.